The lowest BCUT2D eigenvalue weighted by Gasteiger charge is -2.22. The Kier molecular flexibility index (Phi) is 13.9. The summed E-state index contributed by atoms with van der Waals surface area (Å²) in [7, 11) is 0. The average molecular weight is 685 g/mol. The minimum absolute atomic E-state index is 0.00759. The molecule has 5 rings (SSSR count). The lowest BCUT2D eigenvalue weighted by atomic mass is 9.82. The van der Waals surface area contributed by atoms with E-state index in [2.05, 4.69) is 132 Å². The quantitative estimate of drug-likeness (QED) is 0.106. The number of aliphatic imine (C=N–C) groups is 2. The minimum Gasteiger partial charge on any atom is -0.405 e. The van der Waals surface area contributed by atoms with Crippen LogP contribution in [0.4, 0.5) is 0 Å². The molecule has 0 amide bonds. The van der Waals surface area contributed by atoms with Gasteiger partial charge in [0.25, 0.3) is 0 Å². The molecule has 262 valence electrons. The number of allylic oxidation sites excluding steroid dienone is 11. The molecule has 0 bridgehead atoms. The van der Waals surface area contributed by atoms with Crippen LogP contribution in [0.5, 0.6) is 0 Å². The van der Waals surface area contributed by atoms with Crippen molar-refractivity contribution in [1.29, 1.82) is 0 Å². The molecule has 0 fully saturated rings. The van der Waals surface area contributed by atoms with Gasteiger partial charge in [0.2, 0.25) is 0 Å². The number of benzene rings is 1. The Bertz CT molecular complexity index is 2060. The summed E-state index contributed by atoms with van der Waals surface area (Å²) >= 11 is 0. The molecule has 0 saturated carbocycles. The van der Waals surface area contributed by atoms with Crippen LogP contribution >= 0.6 is 0 Å². The van der Waals surface area contributed by atoms with E-state index in [0.717, 1.165) is 70.2 Å². The maximum atomic E-state index is 6.12. The van der Waals surface area contributed by atoms with Crippen LogP contribution < -0.4 is 5.73 Å². The van der Waals surface area contributed by atoms with Crippen molar-refractivity contribution in [1.82, 2.24) is 15.0 Å². The zero-order valence-electron chi connectivity index (χ0n) is 30.7. The summed E-state index contributed by atoms with van der Waals surface area (Å²) in [6, 6.07) is 17.2. The molecule has 0 saturated heterocycles. The number of nitrogens with two attached hydrogens (primary N) is 1. The van der Waals surface area contributed by atoms with E-state index in [1.54, 1.807) is 6.20 Å². The highest BCUT2D eigenvalue weighted by atomic mass is 14.7. The molecule has 1 aliphatic heterocycles. The fraction of sp³-hybridized carbons (Fsp3) is 0.196. The number of pyridine rings is 3. The molecular formula is C46H48N6. The summed E-state index contributed by atoms with van der Waals surface area (Å²) in [5.41, 5.74) is 19.8. The van der Waals surface area contributed by atoms with Gasteiger partial charge in [0.1, 0.15) is 0 Å². The van der Waals surface area contributed by atoms with E-state index in [-0.39, 0.29) is 5.92 Å². The van der Waals surface area contributed by atoms with Crippen molar-refractivity contribution in [3.63, 3.8) is 0 Å². The largest absolute Gasteiger partial charge is 0.405 e. The van der Waals surface area contributed by atoms with Crippen LogP contribution in [0, 0.1) is 0 Å². The van der Waals surface area contributed by atoms with Gasteiger partial charge in [-0.15, -0.1) is 0 Å². The highest BCUT2D eigenvalue weighted by Gasteiger charge is 2.20. The van der Waals surface area contributed by atoms with Crippen molar-refractivity contribution < 1.29 is 0 Å². The van der Waals surface area contributed by atoms with Crippen molar-refractivity contribution in [3.8, 4) is 11.1 Å². The number of rotatable bonds is 14. The number of nitrogens with zero attached hydrogens (tertiary/aromatic N) is 5. The minimum atomic E-state index is 0.00759. The molecule has 3 aromatic heterocycles. The van der Waals surface area contributed by atoms with E-state index in [1.807, 2.05) is 68.1 Å². The number of aromatic nitrogens is 3. The first-order valence-corrected chi connectivity index (χ1v) is 18.0. The lowest BCUT2D eigenvalue weighted by molar-refractivity contribution is 0.957. The highest BCUT2D eigenvalue weighted by molar-refractivity contribution is 6.00. The maximum absolute atomic E-state index is 6.12. The molecule has 4 heterocycles. The topological polar surface area (TPSA) is 89.4 Å². The summed E-state index contributed by atoms with van der Waals surface area (Å²) in [4.78, 5) is 21.9. The van der Waals surface area contributed by atoms with Gasteiger partial charge in [-0.05, 0) is 154 Å². The third kappa shape index (κ3) is 9.61. The van der Waals surface area contributed by atoms with Gasteiger partial charge in [-0.3, -0.25) is 24.9 Å². The van der Waals surface area contributed by atoms with E-state index in [4.69, 9.17) is 5.73 Å². The van der Waals surface area contributed by atoms with Gasteiger partial charge in [-0.25, -0.2) is 0 Å². The standard InChI is InChI=1S/C46H48N6/c1-5-9-37(12-20-47)45(46(40-18-29-52-30-19-40)35(4)36-13-24-50-25-14-36)31-34(3)41-32-43(38-10-7-22-49-26-15-38)42(11-8-23-48-21-6-2)44(33-41)39-16-27-51-28-17-39/h8-10,12-34H,5-7,11,47H2,1-4H3/b20-12-,23-8-,37-9+,45-31-,46-35+,48-21?. The molecule has 6 nitrogen and oxygen atoms in total. The van der Waals surface area contributed by atoms with Crippen LogP contribution in [0.1, 0.15) is 80.7 Å². The third-order valence-corrected chi connectivity index (χ3v) is 8.94. The van der Waals surface area contributed by atoms with Crippen molar-refractivity contribution in [2.24, 2.45) is 15.7 Å². The third-order valence-electron chi connectivity index (χ3n) is 8.94. The molecular weight excluding hydrogens is 637 g/mol. The van der Waals surface area contributed by atoms with Gasteiger partial charge in [-0.1, -0.05) is 57.2 Å². The monoisotopic (exact) mass is 684 g/mol. The van der Waals surface area contributed by atoms with E-state index in [0.29, 0.717) is 0 Å². The Hall–Kier alpha value is -6.01. The van der Waals surface area contributed by atoms with Gasteiger partial charge < -0.3 is 5.73 Å². The van der Waals surface area contributed by atoms with Crippen LogP contribution in [-0.2, 0) is 6.42 Å². The van der Waals surface area contributed by atoms with Gasteiger partial charge in [0.15, 0.2) is 0 Å². The van der Waals surface area contributed by atoms with E-state index in [9.17, 15) is 0 Å². The van der Waals surface area contributed by atoms with Gasteiger partial charge >= 0.3 is 0 Å². The van der Waals surface area contributed by atoms with Crippen LogP contribution in [-0.4, -0.2) is 27.4 Å². The molecule has 0 aliphatic carbocycles. The molecule has 1 aliphatic rings. The molecule has 6 heteroatoms. The van der Waals surface area contributed by atoms with Crippen LogP contribution in [0.25, 0.3) is 27.8 Å². The molecule has 52 heavy (non-hydrogen) atoms. The van der Waals surface area contributed by atoms with Gasteiger partial charge in [-0.2, -0.15) is 0 Å². The Morgan fingerprint density at radius 3 is 2.23 bits per heavy atom. The SMILES string of the molecule is CCC=N/C=C\Cc1c(C2=CCC=NC=C2)cc(C(C)/C=C(C(/C=C\N)=C/CC)\C(=C(/C)c2ccncc2)c2ccncc2)cc1-c1ccncc1. The zero-order chi connectivity index (χ0) is 36.5. The Labute approximate surface area is 309 Å². The van der Waals surface area contributed by atoms with E-state index in [1.165, 1.54) is 22.3 Å². The maximum Gasteiger partial charge on any atom is 0.0273 e. The lowest BCUT2D eigenvalue weighted by Crippen LogP contribution is -2.04. The molecule has 1 aromatic carbocycles. The first-order valence-electron chi connectivity index (χ1n) is 18.0. The molecule has 1 unspecified atom stereocenters. The van der Waals surface area contributed by atoms with Crippen molar-refractivity contribution in [2.75, 3.05) is 0 Å². The summed E-state index contributed by atoms with van der Waals surface area (Å²) in [6.45, 7) is 8.70. The first kappa shape index (κ1) is 37.3. The smallest absolute Gasteiger partial charge is 0.0273 e. The summed E-state index contributed by atoms with van der Waals surface area (Å²) in [6.07, 6.45) is 36.8. The normalized spacial score (nSPS) is 15.0. The molecule has 0 spiro atoms. The fourth-order valence-electron chi connectivity index (χ4n) is 6.41. The highest BCUT2D eigenvalue weighted by Crippen LogP contribution is 2.40. The number of hydrogen-bond donors (Lipinski definition) is 1. The van der Waals surface area contributed by atoms with Crippen molar-refractivity contribution >= 4 is 29.1 Å². The molecule has 0 radical (unpaired) electrons. The predicted octanol–water partition coefficient (Wildman–Crippen LogP) is 10.9. The van der Waals surface area contributed by atoms with E-state index >= 15 is 0 Å². The first-order chi connectivity index (χ1) is 25.5. The Morgan fingerprint density at radius 1 is 0.885 bits per heavy atom. The fourth-order valence-corrected chi connectivity index (χ4v) is 6.41. The average Bonchev–Trinajstić information content (AvgIpc) is 3.48. The van der Waals surface area contributed by atoms with Crippen LogP contribution in [0.3, 0.4) is 0 Å². The second-order valence-electron chi connectivity index (χ2n) is 12.5. The van der Waals surface area contributed by atoms with Gasteiger partial charge in [0.05, 0.1) is 0 Å². The second kappa shape index (κ2) is 19.4. The molecule has 4 aromatic rings. The van der Waals surface area contributed by atoms with Gasteiger partial charge in [0, 0.05) is 68.4 Å². The van der Waals surface area contributed by atoms with Crippen LogP contribution in [0.15, 0.2) is 162 Å². The molecule has 2 N–H and O–H groups in total. The van der Waals surface area contributed by atoms with Crippen molar-refractivity contribution in [2.45, 2.75) is 59.3 Å². The zero-order valence-corrected chi connectivity index (χ0v) is 30.7. The summed E-state index contributed by atoms with van der Waals surface area (Å²) in [5.74, 6) is 0.00759. The molecule has 1 atom stereocenters. The Balaban J connectivity index is 1.79. The summed E-state index contributed by atoms with van der Waals surface area (Å²) < 4.78 is 0. The Morgan fingerprint density at radius 2 is 1.56 bits per heavy atom. The van der Waals surface area contributed by atoms with Crippen LogP contribution in [0.2, 0.25) is 0 Å². The van der Waals surface area contributed by atoms with E-state index < -0.39 is 0 Å². The second-order valence-corrected chi connectivity index (χ2v) is 12.5. The predicted molar refractivity (Wildman–Crippen MR) is 221 cm³/mol. The summed E-state index contributed by atoms with van der Waals surface area (Å²) in [5, 5.41) is 0. The number of hydrogen-bond acceptors (Lipinski definition) is 6. The van der Waals surface area contributed by atoms with Crippen molar-refractivity contribution in [3.05, 3.63) is 180 Å².